The Bertz CT molecular complexity index is 724. The molecule has 126 valence electrons. The van der Waals surface area contributed by atoms with E-state index in [1.165, 1.54) is 31.5 Å². The lowest BCUT2D eigenvalue weighted by molar-refractivity contribution is 0.0695. The average Bonchev–Trinajstić information content (AvgIpc) is 3.07. The number of hydrogen-bond acceptors (Lipinski definition) is 3. The van der Waals surface area contributed by atoms with E-state index in [-0.39, 0.29) is 0 Å². The van der Waals surface area contributed by atoms with Gasteiger partial charge < -0.3 is 5.11 Å². The highest BCUT2D eigenvalue weighted by Gasteiger charge is 2.19. The second-order valence-corrected chi connectivity index (χ2v) is 6.63. The van der Waals surface area contributed by atoms with E-state index < -0.39 is 5.97 Å². The fourth-order valence-electron chi connectivity index (χ4n) is 3.57. The second-order valence-electron chi connectivity index (χ2n) is 6.63. The molecule has 24 heavy (non-hydrogen) atoms. The van der Waals surface area contributed by atoms with E-state index >= 15 is 0 Å². The van der Waals surface area contributed by atoms with Crippen molar-refractivity contribution in [2.45, 2.75) is 39.7 Å². The van der Waals surface area contributed by atoms with Crippen molar-refractivity contribution in [2.75, 3.05) is 13.1 Å². The number of aromatic nitrogens is 1. The van der Waals surface area contributed by atoms with E-state index in [4.69, 9.17) is 0 Å². The Hall–Kier alpha value is -2.20. The topological polar surface area (TPSA) is 53.4 Å². The van der Waals surface area contributed by atoms with Crippen LogP contribution in [0.1, 0.15) is 53.0 Å². The maximum Gasteiger partial charge on any atom is 0.337 e. The molecular weight excluding hydrogens is 300 g/mol. The molecule has 0 radical (unpaired) electrons. The number of rotatable bonds is 4. The summed E-state index contributed by atoms with van der Waals surface area (Å²) in [6.45, 7) is 8.20. The van der Waals surface area contributed by atoms with Gasteiger partial charge in [-0.05, 0) is 63.9 Å². The Morgan fingerprint density at radius 1 is 1.17 bits per heavy atom. The summed E-state index contributed by atoms with van der Waals surface area (Å²) >= 11 is 0. The molecule has 0 spiro atoms. The SMILES string of the molecule is Cc1cc(-c2ccc([C@@H](C)N3CCCC3)cc2)nc(C)c1C(=O)O. The van der Waals surface area contributed by atoms with Crippen LogP contribution in [-0.2, 0) is 0 Å². The Labute approximate surface area is 143 Å². The van der Waals surface area contributed by atoms with Crippen molar-refractivity contribution in [3.05, 3.63) is 52.7 Å². The minimum absolute atomic E-state index is 0.304. The summed E-state index contributed by atoms with van der Waals surface area (Å²) in [5.74, 6) is -0.918. The van der Waals surface area contributed by atoms with Crippen LogP contribution in [0, 0.1) is 13.8 Å². The molecule has 1 fully saturated rings. The van der Waals surface area contributed by atoms with E-state index in [1.54, 1.807) is 6.92 Å². The predicted octanol–water partition coefficient (Wildman–Crippen LogP) is 4.22. The van der Waals surface area contributed by atoms with E-state index in [0.29, 0.717) is 17.3 Å². The van der Waals surface area contributed by atoms with Gasteiger partial charge in [-0.15, -0.1) is 0 Å². The van der Waals surface area contributed by atoms with Crippen LogP contribution in [0.4, 0.5) is 0 Å². The smallest absolute Gasteiger partial charge is 0.337 e. The van der Waals surface area contributed by atoms with Gasteiger partial charge in [-0.25, -0.2) is 4.79 Å². The van der Waals surface area contributed by atoms with Crippen LogP contribution in [0.3, 0.4) is 0 Å². The van der Waals surface area contributed by atoms with Crippen LogP contribution in [0.25, 0.3) is 11.3 Å². The van der Waals surface area contributed by atoms with E-state index in [9.17, 15) is 9.90 Å². The largest absolute Gasteiger partial charge is 0.478 e. The summed E-state index contributed by atoms with van der Waals surface area (Å²) in [4.78, 5) is 18.3. The summed E-state index contributed by atoms with van der Waals surface area (Å²) in [6, 6.07) is 10.8. The molecule has 1 aliphatic rings. The Morgan fingerprint density at radius 3 is 2.33 bits per heavy atom. The van der Waals surface area contributed by atoms with Crippen molar-refractivity contribution in [1.29, 1.82) is 0 Å². The highest BCUT2D eigenvalue weighted by molar-refractivity contribution is 5.91. The molecule has 0 amide bonds. The Morgan fingerprint density at radius 2 is 1.79 bits per heavy atom. The monoisotopic (exact) mass is 324 g/mol. The number of hydrogen-bond donors (Lipinski definition) is 1. The first-order valence-corrected chi connectivity index (χ1v) is 8.53. The standard InChI is InChI=1S/C20H24N2O2/c1-13-12-18(21-14(2)19(13)20(23)24)17-8-6-16(7-9-17)15(3)22-10-4-5-11-22/h6-9,12,15H,4-5,10-11H2,1-3H3,(H,23,24)/t15-/m1/s1. The normalized spacial score (nSPS) is 16.3. The van der Waals surface area contributed by atoms with Crippen molar-refractivity contribution in [3.8, 4) is 11.3 Å². The minimum atomic E-state index is -0.918. The van der Waals surface area contributed by atoms with Gasteiger partial charge in [-0.2, -0.15) is 0 Å². The van der Waals surface area contributed by atoms with Crippen molar-refractivity contribution >= 4 is 5.97 Å². The van der Waals surface area contributed by atoms with Gasteiger partial charge in [0.1, 0.15) is 0 Å². The van der Waals surface area contributed by atoms with Crippen LogP contribution >= 0.6 is 0 Å². The summed E-state index contributed by atoms with van der Waals surface area (Å²) in [5.41, 5.74) is 4.78. The van der Waals surface area contributed by atoms with Crippen LogP contribution < -0.4 is 0 Å². The number of aromatic carboxylic acids is 1. The summed E-state index contributed by atoms with van der Waals surface area (Å²) < 4.78 is 0. The molecule has 0 bridgehead atoms. The van der Waals surface area contributed by atoms with Crippen LogP contribution in [0.5, 0.6) is 0 Å². The summed E-state index contributed by atoms with van der Waals surface area (Å²) in [6.07, 6.45) is 2.58. The molecule has 1 aliphatic heterocycles. The van der Waals surface area contributed by atoms with Gasteiger partial charge in [-0.1, -0.05) is 24.3 Å². The fourth-order valence-corrected chi connectivity index (χ4v) is 3.57. The molecule has 3 rings (SSSR count). The molecular formula is C20H24N2O2. The third kappa shape index (κ3) is 3.20. The molecule has 0 saturated carbocycles. The van der Waals surface area contributed by atoms with E-state index in [1.807, 2.05) is 13.0 Å². The highest BCUT2D eigenvalue weighted by atomic mass is 16.4. The summed E-state index contributed by atoms with van der Waals surface area (Å²) in [7, 11) is 0. The number of carboxylic acid groups (broad SMARTS) is 1. The quantitative estimate of drug-likeness (QED) is 0.915. The first-order valence-electron chi connectivity index (χ1n) is 8.53. The Kier molecular flexibility index (Phi) is 4.67. The number of likely N-dealkylation sites (tertiary alicyclic amines) is 1. The second kappa shape index (κ2) is 6.73. The molecule has 0 unspecified atom stereocenters. The van der Waals surface area contributed by atoms with Crippen molar-refractivity contribution in [3.63, 3.8) is 0 Å². The fraction of sp³-hybridized carbons (Fsp3) is 0.400. The van der Waals surface area contributed by atoms with Gasteiger partial charge in [-0.3, -0.25) is 9.88 Å². The van der Waals surface area contributed by atoms with Crippen molar-refractivity contribution in [1.82, 2.24) is 9.88 Å². The maximum absolute atomic E-state index is 11.3. The number of aryl methyl sites for hydroxylation is 2. The van der Waals surface area contributed by atoms with Crippen molar-refractivity contribution in [2.24, 2.45) is 0 Å². The Balaban J connectivity index is 1.87. The zero-order chi connectivity index (χ0) is 17.3. The highest BCUT2D eigenvalue weighted by Crippen LogP contribution is 2.27. The van der Waals surface area contributed by atoms with Gasteiger partial charge in [0.05, 0.1) is 17.0 Å². The minimum Gasteiger partial charge on any atom is -0.478 e. The average molecular weight is 324 g/mol. The number of nitrogens with zero attached hydrogens (tertiary/aromatic N) is 2. The third-order valence-corrected chi connectivity index (χ3v) is 4.99. The van der Waals surface area contributed by atoms with Crippen molar-refractivity contribution < 1.29 is 9.90 Å². The zero-order valence-corrected chi connectivity index (χ0v) is 14.5. The molecule has 1 saturated heterocycles. The third-order valence-electron chi connectivity index (χ3n) is 4.99. The van der Waals surface area contributed by atoms with Crippen LogP contribution in [-0.4, -0.2) is 34.0 Å². The van der Waals surface area contributed by atoms with E-state index in [2.05, 4.69) is 41.1 Å². The molecule has 1 atom stereocenters. The molecule has 4 nitrogen and oxygen atoms in total. The van der Waals surface area contributed by atoms with Gasteiger partial charge in [0.15, 0.2) is 0 Å². The molecule has 1 aromatic carbocycles. The maximum atomic E-state index is 11.3. The first kappa shape index (κ1) is 16.7. The molecule has 0 aliphatic carbocycles. The molecule has 1 N–H and O–H groups in total. The number of carboxylic acids is 1. The van der Waals surface area contributed by atoms with Crippen LogP contribution in [0.2, 0.25) is 0 Å². The number of benzene rings is 1. The molecule has 2 heterocycles. The van der Waals surface area contributed by atoms with Crippen LogP contribution in [0.15, 0.2) is 30.3 Å². The summed E-state index contributed by atoms with van der Waals surface area (Å²) in [5, 5.41) is 9.26. The number of pyridine rings is 1. The molecule has 1 aromatic heterocycles. The lowest BCUT2D eigenvalue weighted by Gasteiger charge is -2.24. The predicted molar refractivity (Wildman–Crippen MR) is 95.3 cm³/mol. The van der Waals surface area contributed by atoms with Gasteiger partial charge in [0, 0.05) is 11.6 Å². The van der Waals surface area contributed by atoms with Gasteiger partial charge >= 0.3 is 5.97 Å². The zero-order valence-electron chi connectivity index (χ0n) is 14.5. The lowest BCUT2D eigenvalue weighted by Crippen LogP contribution is -2.23. The molecule has 4 heteroatoms. The molecule has 2 aromatic rings. The van der Waals surface area contributed by atoms with Gasteiger partial charge in [0.2, 0.25) is 0 Å². The lowest BCUT2D eigenvalue weighted by atomic mass is 10.0. The van der Waals surface area contributed by atoms with Gasteiger partial charge in [0.25, 0.3) is 0 Å². The van der Waals surface area contributed by atoms with E-state index in [0.717, 1.165) is 16.8 Å². The number of carbonyl (C=O) groups is 1. The first-order chi connectivity index (χ1) is 11.5.